The third kappa shape index (κ3) is 6.82. The molecule has 0 aromatic heterocycles. The first kappa shape index (κ1) is 42.8. The number of carbonyl (C=O) groups excluding carboxylic acids is 3. The van der Waals surface area contributed by atoms with E-state index in [-0.39, 0.29) is 28.0 Å². The van der Waals surface area contributed by atoms with Crippen LogP contribution in [0, 0.1) is 6.92 Å². The minimum Gasteiger partial charge on any atom is -0.507 e. The minimum absolute atomic E-state index is 0.0131. The van der Waals surface area contributed by atoms with Crippen molar-refractivity contribution in [1.82, 2.24) is 5.32 Å². The van der Waals surface area contributed by atoms with Gasteiger partial charge in [0.2, 0.25) is 0 Å². The number of aryl methyl sites for hydroxylation is 1. The molecule has 0 spiro atoms. The molecule has 2 fully saturated rings. The normalized spacial score (nSPS) is 30.1. The summed E-state index contributed by atoms with van der Waals surface area (Å²) in [5, 5.41) is 121. The van der Waals surface area contributed by atoms with Crippen LogP contribution >= 0.6 is 0 Å². The number of carbonyl (C=O) groups is 4. The van der Waals surface area contributed by atoms with Crippen molar-refractivity contribution in [2.75, 3.05) is 20.3 Å². The van der Waals surface area contributed by atoms with E-state index in [1.807, 2.05) is 0 Å². The van der Waals surface area contributed by atoms with Gasteiger partial charge < -0.3 is 85.2 Å². The second kappa shape index (κ2) is 15.9. The summed E-state index contributed by atoms with van der Waals surface area (Å²) in [6, 6.07) is 2.62. The number of hydrogen-bond donors (Lipinski definition) is 12. The van der Waals surface area contributed by atoms with E-state index in [0.29, 0.717) is 0 Å². The summed E-state index contributed by atoms with van der Waals surface area (Å²) in [6.07, 6.45) is -18.8. The Morgan fingerprint density at radius 3 is 2.12 bits per heavy atom. The third-order valence-electron chi connectivity index (χ3n) is 11.1. The molecule has 7 rings (SSSR count). The number of carboxylic acid groups (broad SMARTS) is 1. The number of aliphatic carboxylic acids is 1. The molecule has 0 bridgehead atoms. The lowest BCUT2D eigenvalue weighted by atomic mass is 9.74. The maximum absolute atomic E-state index is 14.1. The van der Waals surface area contributed by atoms with Crippen LogP contribution in [0.2, 0.25) is 0 Å². The summed E-state index contributed by atoms with van der Waals surface area (Å²) >= 11 is 0. The maximum Gasteiger partial charge on any atom is 0.328 e. The van der Waals surface area contributed by atoms with E-state index in [9.17, 15) is 75.3 Å². The van der Waals surface area contributed by atoms with Crippen LogP contribution in [0.5, 0.6) is 23.0 Å². The molecule has 0 radical (unpaired) electrons. The molecule has 3 aromatic rings. The van der Waals surface area contributed by atoms with Gasteiger partial charge in [-0.25, -0.2) is 4.79 Å². The van der Waals surface area contributed by atoms with Crippen molar-refractivity contribution in [3.8, 4) is 34.1 Å². The highest BCUT2D eigenvalue weighted by atomic mass is 16.7. The number of aliphatic hydroxyl groups is 7. The molecule has 60 heavy (non-hydrogen) atoms. The predicted molar refractivity (Wildman–Crippen MR) is 195 cm³/mol. The number of carboxylic acids is 1. The van der Waals surface area contributed by atoms with Gasteiger partial charge in [-0.2, -0.15) is 0 Å². The van der Waals surface area contributed by atoms with E-state index in [4.69, 9.17) is 23.7 Å². The molecule has 2 saturated heterocycles. The topological polar surface area (TPSA) is 349 Å². The van der Waals surface area contributed by atoms with Crippen molar-refractivity contribution in [2.45, 2.75) is 87.4 Å². The average molecular weight is 844 g/mol. The largest absolute Gasteiger partial charge is 0.507 e. The summed E-state index contributed by atoms with van der Waals surface area (Å²) < 4.78 is 28.0. The molecular formula is C39H41NO20. The number of benzene rings is 3. The van der Waals surface area contributed by atoms with Gasteiger partial charge in [0.15, 0.2) is 30.2 Å². The quantitative estimate of drug-likeness (QED) is 0.0878. The van der Waals surface area contributed by atoms with Crippen LogP contribution in [0.1, 0.15) is 78.0 Å². The highest BCUT2D eigenvalue weighted by molar-refractivity contribution is 6.31. The lowest BCUT2D eigenvalue weighted by molar-refractivity contribution is -0.353. The van der Waals surface area contributed by atoms with Crippen molar-refractivity contribution in [3.05, 3.63) is 68.8 Å². The number of rotatable bonds is 9. The van der Waals surface area contributed by atoms with Gasteiger partial charge in [-0.05, 0) is 42.7 Å². The van der Waals surface area contributed by atoms with Crippen LogP contribution in [0.3, 0.4) is 0 Å². The molecule has 322 valence electrons. The van der Waals surface area contributed by atoms with E-state index < -0.39 is 161 Å². The number of methoxy groups -OCH3 is 1. The maximum atomic E-state index is 14.1. The van der Waals surface area contributed by atoms with E-state index in [0.717, 1.165) is 18.2 Å². The monoisotopic (exact) mass is 843 g/mol. The fourth-order valence-corrected chi connectivity index (χ4v) is 7.97. The minimum atomic E-state index is -1.98. The van der Waals surface area contributed by atoms with Crippen molar-refractivity contribution in [3.63, 3.8) is 0 Å². The summed E-state index contributed by atoms with van der Waals surface area (Å²) in [6.45, 7) is 1.14. The van der Waals surface area contributed by atoms with Gasteiger partial charge in [0.25, 0.3) is 5.91 Å². The molecule has 12 atom stereocenters. The number of ketones is 2. The lowest BCUT2D eigenvalue weighted by Gasteiger charge is -2.45. The molecule has 2 heterocycles. The van der Waals surface area contributed by atoms with Crippen LogP contribution in [-0.4, -0.2) is 161 Å². The first-order valence-electron chi connectivity index (χ1n) is 18.4. The Kier molecular flexibility index (Phi) is 11.4. The Morgan fingerprint density at radius 1 is 0.817 bits per heavy atom. The van der Waals surface area contributed by atoms with E-state index in [2.05, 4.69) is 5.32 Å². The summed E-state index contributed by atoms with van der Waals surface area (Å²) in [4.78, 5) is 53.3. The molecular weight excluding hydrogens is 802 g/mol. The Balaban J connectivity index is 1.37. The molecule has 12 unspecified atom stereocenters. The van der Waals surface area contributed by atoms with Crippen LogP contribution in [0.15, 0.2) is 24.3 Å². The lowest BCUT2D eigenvalue weighted by Crippen LogP contribution is -2.62. The molecule has 2 aliphatic carbocycles. The number of hydrogen-bond acceptors (Lipinski definition) is 19. The van der Waals surface area contributed by atoms with Crippen molar-refractivity contribution in [1.29, 1.82) is 0 Å². The molecule has 12 N–H and O–H groups in total. The Morgan fingerprint density at radius 2 is 1.47 bits per heavy atom. The Hall–Kier alpha value is -5.30. The van der Waals surface area contributed by atoms with Crippen LogP contribution in [0.25, 0.3) is 11.1 Å². The molecule has 2 aliphatic heterocycles. The van der Waals surface area contributed by atoms with E-state index >= 15 is 0 Å². The van der Waals surface area contributed by atoms with Gasteiger partial charge in [0.1, 0.15) is 71.8 Å². The zero-order valence-corrected chi connectivity index (χ0v) is 31.7. The number of ether oxygens (including phenoxy) is 5. The number of amides is 1. The van der Waals surface area contributed by atoms with Crippen molar-refractivity contribution >= 4 is 23.4 Å². The number of fused-ring (bicyclic) bond motifs is 5. The van der Waals surface area contributed by atoms with Gasteiger partial charge in [-0.3, -0.25) is 14.4 Å². The first-order chi connectivity index (χ1) is 28.3. The van der Waals surface area contributed by atoms with Gasteiger partial charge in [-0.15, -0.1) is 0 Å². The van der Waals surface area contributed by atoms with Gasteiger partial charge in [-0.1, -0.05) is 6.07 Å². The molecule has 4 aliphatic rings. The van der Waals surface area contributed by atoms with Gasteiger partial charge in [0.05, 0.1) is 43.1 Å². The smallest absolute Gasteiger partial charge is 0.328 e. The fraction of sp³-hybridized carbons (Fsp3) is 0.436. The number of aromatic hydroxyl groups is 3. The summed E-state index contributed by atoms with van der Waals surface area (Å²) in [5.41, 5.74) is -4.12. The van der Waals surface area contributed by atoms with Crippen molar-refractivity contribution in [2.24, 2.45) is 0 Å². The average Bonchev–Trinajstić information content (AvgIpc) is 3.20. The molecule has 3 aromatic carbocycles. The standard InChI is InChI=1S/C39H41NO20/c1-10-4-16-23(30(49)20(10)36(53)40-17(8-41)37(54)55)22-14(7-15-24(31(22)50)27(46)13-5-12(56-3)6-18(42)21(13)26(15)45)28(47)34(16)59-39-33(52)35(25(44)11(2)58-39)60-38-32(51)29(48)19(43)9-57-38/h4-7,11,17,19,25,28-29,32-35,38-39,41-44,47-52H,8-9H2,1-3H3,(H,40,53)(H,54,55). The molecule has 0 saturated carbocycles. The number of aliphatic hydroxyl groups excluding tert-OH is 7. The Labute approximate surface area is 338 Å². The second-order valence-electron chi connectivity index (χ2n) is 14.8. The molecule has 1 amide bonds. The molecule has 21 nitrogen and oxygen atoms in total. The Bertz CT molecular complexity index is 2280. The summed E-state index contributed by atoms with van der Waals surface area (Å²) in [7, 11) is 1.24. The van der Waals surface area contributed by atoms with Crippen LogP contribution in [-0.2, 0) is 23.7 Å². The first-order valence-corrected chi connectivity index (χ1v) is 18.4. The number of nitrogens with one attached hydrogen (secondary N) is 1. The highest BCUT2D eigenvalue weighted by Crippen LogP contribution is 2.57. The predicted octanol–water partition coefficient (Wildman–Crippen LogP) is -1.87. The SMILES string of the molecule is COc1cc(O)c2c(c1)C(=O)c1c(cc3c(c1O)-c1c(cc(C)c(C(=O)NC(CO)C(=O)O)c1O)C(OC1OC(C)C(O)C(OC4OCC(O)C(O)C4O)C1O)C3O)C2=O. The number of phenolic OH excluding ortho intramolecular Hbond substituents is 3. The molecule has 21 heteroatoms. The zero-order valence-electron chi connectivity index (χ0n) is 31.7. The highest BCUT2D eigenvalue weighted by Gasteiger charge is 2.51. The second-order valence-corrected chi connectivity index (χ2v) is 14.8. The van der Waals surface area contributed by atoms with Crippen molar-refractivity contribution < 1.29 is 99.0 Å². The van der Waals surface area contributed by atoms with Gasteiger partial charge >= 0.3 is 5.97 Å². The number of phenols is 3. The van der Waals surface area contributed by atoms with E-state index in [1.54, 1.807) is 0 Å². The van der Waals surface area contributed by atoms with Crippen LogP contribution in [0.4, 0.5) is 0 Å². The van der Waals surface area contributed by atoms with E-state index in [1.165, 1.54) is 27.0 Å². The summed E-state index contributed by atoms with van der Waals surface area (Å²) in [5.74, 6) is -7.35. The fourth-order valence-electron chi connectivity index (χ4n) is 7.97. The zero-order chi connectivity index (χ0) is 43.8. The van der Waals surface area contributed by atoms with Crippen LogP contribution < -0.4 is 10.1 Å². The third-order valence-corrected chi connectivity index (χ3v) is 11.1. The van der Waals surface area contributed by atoms with Gasteiger partial charge in [0, 0.05) is 28.3 Å².